The van der Waals surface area contributed by atoms with Gasteiger partial charge in [-0.1, -0.05) is 38.6 Å². The third-order valence-electron chi connectivity index (χ3n) is 3.62. The number of thioether (sulfide) groups is 1. The van der Waals surface area contributed by atoms with Crippen LogP contribution >= 0.6 is 11.8 Å². The number of hydrogen-bond acceptors (Lipinski definition) is 6. The molecule has 1 aromatic heterocycles. The first-order valence-corrected chi connectivity index (χ1v) is 9.22. The second kappa shape index (κ2) is 8.38. The normalized spacial score (nSPS) is 11.4. The molecule has 0 aliphatic carbocycles. The summed E-state index contributed by atoms with van der Waals surface area (Å²) in [6.07, 6.45) is 0.772. The molecule has 7 heteroatoms. The van der Waals surface area contributed by atoms with Crippen LogP contribution in [0, 0.1) is 0 Å². The molecule has 2 rings (SSSR count). The number of aldehydes is 1. The van der Waals surface area contributed by atoms with Crippen LogP contribution in [-0.2, 0) is 12.0 Å². The largest absolute Gasteiger partial charge is 0.493 e. The van der Waals surface area contributed by atoms with Gasteiger partial charge in [0.15, 0.2) is 22.9 Å². The van der Waals surface area contributed by atoms with Crippen molar-refractivity contribution >= 4 is 18.0 Å². The van der Waals surface area contributed by atoms with Crippen LogP contribution in [0.3, 0.4) is 0 Å². The molecule has 25 heavy (non-hydrogen) atoms. The van der Waals surface area contributed by atoms with Gasteiger partial charge in [0.2, 0.25) is 0 Å². The van der Waals surface area contributed by atoms with E-state index in [1.54, 1.807) is 37.1 Å². The average Bonchev–Trinajstić information content (AvgIpc) is 3.01. The molecular formula is C18H25N3O3S. The zero-order valence-electron chi connectivity index (χ0n) is 15.4. The van der Waals surface area contributed by atoms with Crippen molar-refractivity contribution in [1.29, 1.82) is 0 Å². The first-order chi connectivity index (χ1) is 11.9. The Bertz CT molecular complexity index is 723. The van der Waals surface area contributed by atoms with Gasteiger partial charge >= 0.3 is 0 Å². The summed E-state index contributed by atoms with van der Waals surface area (Å²) in [5.74, 6) is 2.71. The summed E-state index contributed by atoms with van der Waals surface area (Å²) in [6, 6.07) is 5.25. The molecule has 0 saturated heterocycles. The number of nitrogens with zero attached hydrogens (tertiary/aromatic N) is 3. The van der Waals surface area contributed by atoms with Gasteiger partial charge in [0, 0.05) is 17.7 Å². The molecule has 0 fully saturated rings. The van der Waals surface area contributed by atoms with Gasteiger partial charge in [-0.15, -0.1) is 10.2 Å². The van der Waals surface area contributed by atoms with Gasteiger partial charge in [0.05, 0.1) is 19.3 Å². The van der Waals surface area contributed by atoms with E-state index < -0.39 is 0 Å². The predicted octanol–water partition coefficient (Wildman–Crippen LogP) is 3.59. The van der Waals surface area contributed by atoms with Crippen LogP contribution < -0.4 is 9.47 Å². The van der Waals surface area contributed by atoms with E-state index in [-0.39, 0.29) is 5.41 Å². The molecule has 1 aromatic carbocycles. The lowest BCUT2D eigenvalue weighted by Gasteiger charge is -2.18. The maximum atomic E-state index is 11.2. The van der Waals surface area contributed by atoms with Gasteiger partial charge in [-0.3, -0.25) is 4.79 Å². The smallest absolute Gasteiger partial charge is 0.191 e. The van der Waals surface area contributed by atoms with Crippen molar-refractivity contribution in [1.82, 2.24) is 14.8 Å². The van der Waals surface area contributed by atoms with E-state index in [9.17, 15) is 4.79 Å². The van der Waals surface area contributed by atoms with E-state index >= 15 is 0 Å². The number of hydrogen-bond donors (Lipinski definition) is 0. The lowest BCUT2D eigenvalue weighted by Crippen LogP contribution is -2.19. The summed E-state index contributed by atoms with van der Waals surface area (Å²) < 4.78 is 13.2. The number of rotatable bonds is 8. The highest BCUT2D eigenvalue weighted by molar-refractivity contribution is 7.99. The molecule has 1 heterocycles. The zero-order valence-corrected chi connectivity index (χ0v) is 16.2. The second-order valence-corrected chi connectivity index (χ2v) is 7.56. The third kappa shape index (κ3) is 4.54. The molecule has 0 N–H and O–H groups in total. The molecule has 0 spiro atoms. The molecule has 2 aromatic rings. The Hall–Kier alpha value is -2.02. The van der Waals surface area contributed by atoms with Crippen molar-refractivity contribution < 1.29 is 14.3 Å². The van der Waals surface area contributed by atoms with Gasteiger partial charge in [-0.25, -0.2) is 0 Å². The Morgan fingerprint density at radius 2 is 2.04 bits per heavy atom. The van der Waals surface area contributed by atoms with Crippen LogP contribution in [0.5, 0.6) is 11.5 Å². The zero-order chi connectivity index (χ0) is 18.4. The number of ether oxygens (including phenoxy) is 2. The van der Waals surface area contributed by atoms with Crippen molar-refractivity contribution in [3.63, 3.8) is 0 Å². The van der Waals surface area contributed by atoms with Gasteiger partial charge < -0.3 is 14.0 Å². The third-order valence-corrected chi connectivity index (χ3v) is 4.55. The number of para-hydroxylation sites is 1. The summed E-state index contributed by atoms with van der Waals surface area (Å²) >= 11 is 1.59. The molecule has 0 unspecified atom stereocenters. The topological polar surface area (TPSA) is 66.2 Å². The highest BCUT2D eigenvalue weighted by Crippen LogP contribution is 2.30. The maximum absolute atomic E-state index is 11.2. The molecule has 0 saturated carbocycles. The molecule has 0 amide bonds. The van der Waals surface area contributed by atoms with E-state index in [1.165, 1.54) is 0 Å². The van der Waals surface area contributed by atoms with Crippen LogP contribution in [0.2, 0.25) is 0 Å². The van der Waals surface area contributed by atoms with Crippen molar-refractivity contribution in [3.05, 3.63) is 29.6 Å². The average molecular weight is 363 g/mol. The van der Waals surface area contributed by atoms with Crippen LogP contribution in [0.25, 0.3) is 0 Å². The minimum absolute atomic E-state index is 0.0470. The second-order valence-electron chi connectivity index (χ2n) is 6.49. The van der Waals surface area contributed by atoms with Crippen molar-refractivity contribution in [2.75, 3.05) is 19.5 Å². The van der Waals surface area contributed by atoms with Crippen molar-refractivity contribution in [2.24, 2.45) is 0 Å². The summed E-state index contributed by atoms with van der Waals surface area (Å²) in [5, 5.41) is 9.52. The van der Waals surface area contributed by atoms with Crippen LogP contribution in [0.1, 0.15) is 43.9 Å². The summed E-state index contributed by atoms with van der Waals surface area (Å²) in [6.45, 7) is 9.73. The van der Waals surface area contributed by atoms with E-state index in [0.717, 1.165) is 23.8 Å². The summed E-state index contributed by atoms with van der Waals surface area (Å²) in [5.41, 5.74) is 0.435. The quantitative estimate of drug-likeness (QED) is 0.406. The van der Waals surface area contributed by atoms with Crippen molar-refractivity contribution in [2.45, 2.75) is 44.8 Å². The van der Waals surface area contributed by atoms with Gasteiger partial charge in [-0.2, -0.15) is 0 Å². The number of aromatic nitrogens is 3. The Kier molecular flexibility index (Phi) is 6.47. The number of benzene rings is 1. The van der Waals surface area contributed by atoms with E-state index in [4.69, 9.17) is 9.47 Å². The first kappa shape index (κ1) is 19.3. The van der Waals surface area contributed by atoms with Gasteiger partial charge in [0.1, 0.15) is 5.82 Å². The van der Waals surface area contributed by atoms with Crippen LogP contribution in [-0.4, -0.2) is 40.5 Å². The van der Waals surface area contributed by atoms with E-state index in [0.29, 0.717) is 29.4 Å². The van der Waals surface area contributed by atoms with Crippen LogP contribution in [0.15, 0.2) is 23.4 Å². The molecular weight excluding hydrogens is 338 g/mol. The number of carbonyl (C=O) groups excluding carboxylic acids is 1. The summed E-state index contributed by atoms with van der Waals surface area (Å²) in [4.78, 5) is 11.2. The molecule has 0 aliphatic rings. The van der Waals surface area contributed by atoms with Crippen LogP contribution in [0.4, 0.5) is 0 Å². The van der Waals surface area contributed by atoms with Gasteiger partial charge in [-0.05, 0) is 19.1 Å². The number of carbonyl (C=O) groups is 1. The van der Waals surface area contributed by atoms with E-state index in [2.05, 4.69) is 42.5 Å². The highest BCUT2D eigenvalue weighted by atomic mass is 32.2. The fourth-order valence-corrected chi connectivity index (χ4v) is 3.27. The Morgan fingerprint density at radius 1 is 1.28 bits per heavy atom. The predicted molar refractivity (Wildman–Crippen MR) is 99.0 cm³/mol. The molecule has 0 aliphatic heterocycles. The molecule has 0 radical (unpaired) electrons. The summed E-state index contributed by atoms with van der Waals surface area (Å²) in [7, 11) is 1.56. The molecule has 6 nitrogen and oxygen atoms in total. The van der Waals surface area contributed by atoms with Crippen molar-refractivity contribution in [3.8, 4) is 11.5 Å². The highest BCUT2D eigenvalue weighted by Gasteiger charge is 2.23. The number of methoxy groups -OCH3 is 1. The molecule has 136 valence electrons. The lowest BCUT2D eigenvalue weighted by molar-refractivity contribution is 0.111. The standard InChI is InChI=1S/C18H25N3O3S/c1-6-21-16(18(2,3)4)19-20-17(21)25-11-10-24-15-13(12-22)8-7-9-14(15)23-5/h7-9,12H,6,10-11H2,1-5H3. The molecule has 0 bridgehead atoms. The first-order valence-electron chi connectivity index (χ1n) is 8.23. The fraction of sp³-hybridized carbons (Fsp3) is 0.500. The Morgan fingerprint density at radius 3 is 2.64 bits per heavy atom. The van der Waals surface area contributed by atoms with Gasteiger partial charge in [0.25, 0.3) is 0 Å². The minimum atomic E-state index is -0.0470. The maximum Gasteiger partial charge on any atom is 0.191 e. The monoisotopic (exact) mass is 363 g/mol. The molecule has 0 atom stereocenters. The SMILES string of the molecule is CCn1c(SCCOc2c(C=O)cccc2OC)nnc1C(C)(C)C. The minimum Gasteiger partial charge on any atom is -0.493 e. The lowest BCUT2D eigenvalue weighted by atomic mass is 9.96. The Balaban J connectivity index is 2.01. The Labute approximate surface area is 152 Å². The fourth-order valence-electron chi connectivity index (χ4n) is 2.45. The van der Waals surface area contributed by atoms with E-state index in [1.807, 2.05) is 0 Å².